The van der Waals surface area contributed by atoms with Crippen molar-refractivity contribution in [1.29, 1.82) is 0 Å². The SMILES string of the molecule is Cc1ccc2c(Nc3ccccc3F)nccc2c1NC(=O)c1cnc2c(N)ncnn12. The zero-order valence-corrected chi connectivity index (χ0v) is 16.9. The molecule has 0 saturated heterocycles. The predicted octanol–water partition coefficient (Wildman–Crippen LogP) is 3.70. The number of hydrogen-bond donors (Lipinski definition) is 3. The largest absolute Gasteiger partial charge is 0.381 e. The van der Waals surface area contributed by atoms with Gasteiger partial charge in [0.1, 0.15) is 18.0 Å². The molecule has 5 aromatic rings. The van der Waals surface area contributed by atoms with Gasteiger partial charge in [0, 0.05) is 17.0 Å². The second-order valence-corrected chi connectivity index (χ2v) is 7.10. The number of benzene rings is 2. The van der Waals surface area contributed by atoms with Gasteiger partial charge in [-0.25, -0.2) is 23.9 Å². The van der Waals surface area contributed by atoms with Crippen LogP contribution >= 0.6 is 0 Å². The number of pyridine rings is 1. The van der Waals surface area contributed by atoms with Crippen LogP contribution in [0.25, 0.3) is 16.4 Å². The normalized spacial score (nSPS) is 11.1. The summed E-state index contributed by atoms with van der Waals surface area (Å²) in [6.45, 7) is 1.88. The lowest BCUT2D eigenvalue weighted by atomic mass is 10.1. The van der Waals surface area contributed by atoms with E-state index in [1.54, 1.807) is 30.5 Å². The van der Waals surface area contributed by atoms with Crippen molar-refractivity contribution in [2.75, 3.05) is 16.4 Å². The summed E-state index contributed by atoms with van der Waals surface area (Å²) in [5.41, 5.74) is 8.07. The maximum absolute atomic E-state index is 14.1. The first-order valence-electron chi connectivity index (χ1n) is 9.68. The highest BCUT2D eigenvalue weighted by Gasteiger charge is 2.18. The Kier molecular flexibility index (Phi) is 4.59. The molecule has 5 rings (SSSR count). The number of anilines is 4. The van der Waals surface area contributed by atoms with Gasteiger partial charge in [0.2, 0.25) is 0 Å². The zero-order chi connectivity index (χ0) is 22.2. The van der Waals surface area contributed by atoms with Crippen molar-refractivity contribution in [3.05, 3.63) is 78.3 Å². The molecule has 0 bridgehead atoms. The number of fused-ring (bicyclic) bond motifs is 2. The van der Waals surface area contributed by atoms with E-state index in [2.05, 4.69) is 30.7 Å². The second-order valence-electron chi connectivity index (χ2n) is 7.10. The molecule has 9 nitrogen and oxygen atoms in total. The summed E-state index contributed by atoms with van der Waals surface area (Å²) in [5, 5.41) is 11.5. The third-order valence-corrected chi connectivity index (χ3v) is 5.08. The van der Waals surface area contributed by atoms with Gasteiger partial charge in [0.25, 0.3) is 5.91 Å². The zero-order valence-electron chi connectivity index (χ0n) is 16.9. The Labute approximate surface area is 181 Å². The molecule has 0 fully saturated rings. The maximum Gasteiger partial charge on any atom is 0.276 e. The Morgan fingerprint density at radius 1 is 1.06 bits per heavy atom. The van der Waals surface area contributed by atoms with Gasteiger partial charge >= 0.3 is 0 Å². The number of para-hydroxylation sites is 1. The van der Waals surface area contributed by atoms with E-state index < -0.39 is 5.91 Å². The molecule has 2 aromatic carbocycles. The summed E-state index contributed by atoms with van der Waals surface area (Å²) in [6, 6.07) is 11.9. The van der Waals surface area contributed by atoms with Crippen LogP contribution in [-0.2, 0) is 0 Å². The fourth-order valence-corrected chi connectivity index (χ4v) is 3.49. The lowest BCUT2D eigenvalue weighted by Gasteiger charge is -2.15. The van der Waals surface area contributed by atoms with E-state index >= 15 is 0 Å². The van der Waals surface area contributed by atoms with Gasteiger partial charge in [-0.2, -0.15) is 5.10 Å². The number of rotatable bonds is 4. The van der Waals surface area contributed by atoms with Crippen molar-refractivity contribution in [2.24, 2.45) is 0 Å². The van der Waals surface area contributed by atoms with Crippen LogP contribution in [0.2, 0.25) is 0 Å². The molecule has 3 aromatic heterocycles. The average molecular weight is 428 g/mol. The van der Waals surface area contributed by atoms with Crippen molar-refractivity contribution < 1.29 is 9.18 Å². The first-order chi connectivity index (χ1) is 15.5. The number of halogens is 1. The smallest absolute Gasteiger partial charge is 0.276 e. The number of hydrogen-bond acceptors (Lipinski definition) is 7. The molecule has 158 valence electrons. The summed E-state index contributed by atoms with van der Waals surface area (Å²) in [4.78, 5) is 25.4. The molecule has 0 atom stereocenters. The minimum absolute atomic E-state index is 0.176. The molecule has 3 heterocycles. The van der Waals surface area contributed by atoms with E-state index in [-0.39, 0.29) is 17.3 Å². The monoisotopic (exact) mass is 428 g/mol. The van der Waals surface area contributed by atoms with Gasteiger partial charge in [-0.15, -0.1) is 0 Å². The molecular weight excluding hydrogens is 411 g/mol. The van der Waals surface area contributed by atoms with E-state index in [4.69, 9.17) is 5.73 Å². The summed E-state index contributed by atoms with van der Waals surface area (Å²) < 4.78 is 15.5. The van der Waals surface area contributed by atoms with Crippen LogP contribution in [0.15, 0.2) is 61.2 Å². The van der Waals surface area contributed by atoms with Crippen LogP contribution in [0.4, 0.5) is 27.4 Å². The summed E-state index contributed by atoms with van der Waals surface area (Å²) in [7, 11) is 0. The molecular formula is C22H17FN8O. The molecule has 0 saturated carbocycles. The molecule has 0 unspecified atom stereocenters. The number of aromatic nitrogens is 5. The van der Waals surface area contributed by atoms with Crippen molar-refractivity contribution >= 4 is 45.3 Å². The fraction of sp³-hybridized carbons (Fsp3) is 0.0455. The van der Waals surface area contributed by atoms with E-state index in [1.807, 2.05) is 19.1 Å². The minimum Gasteiger partial charge on any atom is -0.381 e. The van der Waals surface area contributed by atoms with Gasteiger partial charge in [-0.05, 0) is 30.7 Å². The number of aryl methyl sites for hydroxylation is 1. The van der Waals surface area contributed by atoms with E-state index in [0.29, 0.717) is 22.8 Å². The highest BCUT2D eigenvalue weighted by molar-refractivity contribution is 6.11. The lowest BCUT2D eigenvalue weighted by molar-refractivity contribution is 0.102. The Morgan fingerprint density at radius 3 is 2.75 bits per heavy atom. The fourth-order valence-electron chi connectivity index (χ4n) is 3.49. The van der Waals surface area contributed by atoms with E-state index in [0.717, 1.165) is 16.3 Å². The van der Waals surface area contributed by atoms with Crippen LogP contribution in [-0.4, -0.2) is 30.5 Å². The number of carbonyl (C=O) groups is 1. The van der Waals surface area contributed by atoms with Crippen molar-refractivity contribution in [2.45, 2.75) is 6.92 Å². The third kappa shape index (κ3) is 3.23. The van der Waals surface area contributed by atoms with Crippen LogP contribution in [0, 0.1) is 12.7 Å². The topological polar surface area (TPSA) is 123 Å². The predicted molar refractivity (Wildman–Crippen MR) is 119 cm³/mol. The molecule has 0 aliphatic rings. The van der Waals surface area contributed by atoms with Crippen molar-refractivity contribution in [1.82, 2.24) is 24.6 Å². The first kappa shape index (κ1) is 19.4. The molecule has 0 aliphatic carbocycles. The Morgan fingerprint density at radius 2 is 1.91 bits per heavy atom. The highest BCUT2D eigenvalue weighted by atomic mass is 19.1. The first-order valence-corrected chi connectivity index (χ1v) is 9.68. The molecule has 0 aliphatic heterocycles. The summed E-state index contributed by atoms with van der Waals surface area (Å²) in [5.74, 6) is -0.152. The number of nitrogen functional groups attached to an aromatic ring is 1. The number of amides is 1. The molecule has 32 heavy (non-hydrogen) atoms. The number of carbonyl (C=O) groups excluding carboxylic acids is 1. The second kappa shape index (κ2) is 7.58. The Hall–Kier alpha value is -4.60. The van der Waals surface area contributed by atoms with Crippen LogP contribution in [0.5, 0.6) is 0 Å². The quantitative estimate of drug-likeness (QED) is 0.399. The molecule has 0 spiro atoms. The van der Waals surface area contributed by atoms with E-state index in [1.165, 1.54) is 23.1 Å². The number of nitrogens with two attached hydrogens (primary N) is 1. The van der Waals surface area contributed by atoms with Crippen molar-refractivity contribution in [3.63, 3.8) is 0 Å². The highest BCUT2D eigenvalue weighted by Crippen LogP contribution is 2.32. The van der Waals surface area contributed by atoms with Crippen molar-refractivity contribution in [3.8, 4) is 0 Å². The van der Waals surface area contributed by atoms with Crippen LogP contribution in [0.1, 0.15) is 16.1 Å². The lowest BCUT2D eigenvalue weighted by Crippen LogP contribution is -2.16. The maximum atomic E-state index is 14.1. The molecule has 0 radical (unpaired) electrons. The average Bonchev–Trinajstić information content (AvgIpc) is 3.23. The molecule has 10 heteroatoms. The van der Waals surface area contributed by atoms with Crippen LogP contribution < -0.4 is 16.4 Å². The molecule has 4 N–H and O–H groups in total. The van der Waals surface area contributed by atoms with Crippen LogP contribution in [0.3, 0.4) is 0 Å². The van der Waals surface area contributed by atoms with E-state index in [9.17, 15) is 9.18 Å². The standard InChI is InChI=1S/C22H17FN8O/c1-12-6-7-14-13(8-9-25-20(14)29-16-5-3-2-4-15(16)23)18(12)30-22(32)17-10-26-21-19(24)27-11-28-31(17)21/h2-11H,1H3,(H,25,29)(H,30,32)(H2,24,27,28). The number of imidazole rings is 1. The van der Waals surface area contributed by atoms with Gasteiger partial charge in [0.05, 0.1) is 17.6 Å². The van der Waals surface area contributed by atoms with Gasteiger partial charge in [-0.1, -0.05) is 24.3 Å². The Bertz CT molecular complexity index is 1500. The minimum atomic E-state index is -0.411. The molecule has 1 amide bonds. The third-order valence-electron chi connectivity index (χ3n) is 5.08. The number of nitrogens with zero attached hydrogens (tertiary/aromatic N) is 5. The summed E-state index contributed by atoms with van der Waals surface area (Å²) in [6.07, 6.45) is 4.25. The summed E-state index contributed by atoms with van der Waals surface area (Å²) >= 11 is 0. The number of nitrogens with one attached hydrogen (secondary N) is 2. The Balaban J connectivity index is 1.55. The van der Waals surface area contributed by atoms with Gasteiger partial charge in [-0.3, -0.25) is 4.79 Å². The van der Waals surface area contributed by atoms with Gasteiger partial charge < -0.3 is 16.4 Å². The van der Waals surface area contributed by atoms with Gasteiger partial charge in [0.15, 0.2) is 17.2 Å².